The number of rotatable bonds is 0. The van der Waals surface area contributed by atoms with Gasteiger partial charge in [-0.2, -0.15) is 0 Å². The third-order valence-electron chi connectivity index (χ3n) is 7.73. The van der Waals surface area contributed by atoms with Gasteiger partial charge in [-0.1, -0.05) is 83.1 Å². The van der Waals surface area contributed by atoms with Crippen molar-refractivity contribution in [1.82, 2.24) is 4.90 Å². The van der Waals surface area contributed by atoms with Gasteiger partial charge in [-0.05, 0) is 30.1 Å². The lowest BCUT2D eigenvalue weighted by molar-refractivity contribution is -0.150. The second kappa shape index (κ2) is 14.1. The number of hydrogen-bond acceptors (Lipinski definition) is 9. The number of carbonyl (C=O) groups excluding carboxylic acids is 3. The Morgan fingerprint density at radius 1 is 0.667 bits per heavy atom. The molecule has 4 unspecified atom stereocenters. The molecule has 246 valence electrons. The summed E-state index contributed by atoms with van der Waals surface area (Å²) in [6.07, 6.45) is 0.00565. The summed E-state index contributed by atoms with van der Waals surface area (Å²) >= 11 is 0. The maximum absolute atomic E-state index is 10.9. The average molecular weight is 602 g/mol. The van der Waals surface area contributed by atoms with Gasteiger partial charge in [-0.3, -0.25) is 4.79 Å². The second-order valence-corrected chi connectivity index (χ2v) is 16.2. The number of esters is 1. The Bertz CT molecular complexity index is 867. The van der Waals surface area contributed by atoms with Crippen LogP contribution in [0.5, 0.6) is 0 Å². The fraction of sp³-hybridized carbons (Fsp3) is 0.906. The molecule has 10 heteroatoms. The van der Waals surface area contributed by atoms with Crippen LogP contribution in [-0.2, 0) is 33.2 Å². The number of likely N-dealkylation sites (N-methyl/N-ethyl adjacent to an activating group) is 1. The molecule has 42 heavy (non-hydrogen) atoms. The summed E-state index contributed by atoms with van der Waals surface area (Å²) in [4.78, 5) is 33.7. The summed E-state index contributed by atoms with van der Waals surface area (Å²) < 4.78 is 30.4. The first-order valence-corrected chi connectivity index (χ1v) is 14.9. The molecule has 4 heterocycles. The molecule has 0 aliphatic carbocycles. The first-order valence-electron chi connectivity index (χ1n) is 14.9. The highest BCUT2D eigenvalue weighted by atomic mass is 16.8. The Morgan fingerprint density at radius 3 is 1.40 bits per heavy atom. The van der Waals surface area contributed by atoms with Crippen LogP contribution in [0.25, 0.3) is 0 Å². The van der Waals surface area contributed by atoms with Crippen molar-refractivity contribution in [2.75, 3.05) is 33.5 Å². The van der Waals surface area contributed by atoms with Gasteiger partial charge in [0, 0.05) is 18.4 Å². The third kappa shape index (κ3) is 12.7. The fourth-order valence-corrected chi connectivity index (χ4v) is 4.26. The summed E-state index contributed by atoms with van der Waals surface area (Å²) in [5.74, 6) is -0.00211. The van der Waals surface area contributed by atoms with Gasteiger partial charge in [0.15, 0.2) is 5.79 Å². The van der Waals surface area contributed by atoms with Crippen LogP contribution in [-0.4, -0.2) is 80.6 Å². The van der Waals surface area contributed by atoms with Crippen LogP contribution < -0.4 is 0 Å². The lowest BCUT2D eigenvalue weighted by Gasteiger charge is -2.29. The lowest BCUT2D eigenvalue weighted by atomic mass is 9.80. The topological polar surface area (TPSA) is 110 Å². The zero-order valence-electron chi connectivity index (χ0n) is 29.0. The Balaban J connectivity index is 0.000000280. The van der Waals surface area contributed by atoms with E-state index < -0.39 is 6.16 Å². The summed E-state index contributed by atoms with van der Waals surface area (Å²) in [5, 5.41) is 0. The first kappa shape index (κ1) is 38.0. The van der Waals surface area contributed by atoms with Crippen LogP contribution in [0.1, 0.15) is 103 Å². The van der Waals surface area contributed by atoms with Crippen LogP contribution in [0.2, 0.25) is 0 Å². The van der Waals surface area contributed by atoms with Gasteiger partial charge in [0.1, 0.15) is 19.3 Å². The van der Waals surface area contributed by atoms with Crippen molar-refractivity contribution in [1.29, 1.82) is 0 Å². The van der Waals surface area contributed by atoms with Crippen LogP contribution >= 0.6 is 0 Å². The molecule has 0 aromatic rings. The van der Waals surface area contributed by atoms with Gasteiger partial charge >= 0.3 is 18.2 Å². The molecule has 0 N–H and O–H groups in total. The van der Waals surface area contributed by atoms with Crippen molar-refractivity contribution in [3.63, 3.8) is 0 Å². The normalized spacial score (nSPS) is 27.3. The molecule has 10 nitrogen and oxygen atoms in total. The maximum atomic E-state index is 10.9. The molecule has 4 atom stereocenters. The molecule has 0 aromatic heterocycles. The third-order valence-corrected chi connectivity index (χ3v) is 7.73. The van der Waals surface area contributed by atoms with Crippen molar-refractivity contribution < 1.29 is 42.8 Å². The highest BCUT2D eigenvalue weighted by Gasteiger charge is 2.40. The largest absolute Gasteiger partial charge is 0.508 e. The molecule has 4 fully saturated rings. The number of cyclic esters (lactones) is 4. The molecular formula is C32H59NO9. The molecule has 4 saturated heterocycles. The number of nitrogens with zero attached hydrogens (tertiary/aromatic N) is 1. The molecule has 0 bridgehead atoms. The van der Waals surface area contributed by atoms with E-state index in [2.05, 4.69) is 67.1 Å². The van der Waals surface area contributed by atoms with E-state index in [0.29, 0.717) is 32.2 Å². The quantitative estimate of drug-likeness (QED) is 0.218. The molecule has 0 radical (unpaired) electrons. The molecule has 0 aromatic carbocycles. The van der Waals surface area contributed by atoms with E-state index in [4.69, 9.17) is 23.7 Å². The number of ether oxygens (including phenoxy) is 6. The standard InChI is InChI=1S/C9H18O2.C8H15NO2.C8H14O2.C7H12O3/c1-8(2,3)7-6-10-9(4,5)11-7;1-8(2,3)6-5-11-7(10)9(6)4;1-8(2,3)6-4-7(9)10-5-6;1-7(2,3)5-4-9-6(8)10-5/h7H,6H2,1-5H3;6H,5H2,1-4H3;6H,4-5H2,1-3H3;5H,4H2,1-3H3. The van der Waals surface area contributed by atoms with E-state index in [1.54, 1.807) is 11.9 Å². The molecule has 4 rings (SSSR count). The zero-order chi connectivity index (χ0) is 32.9. The summed E-state index contributed by atoms with van der Waals surface area (Å²) in [5.41, 5.74) is 0.507. The summed E-state index contributed by atoms with van der Waals surface area (Å²) in [6, 6.07) is 0.218. The minimum Gasteiger partial charge on any atom is -0.465 e. The van der Waals surface area contributed by atoms with Crippen LogP contribution in [0, 0.1) is 27.6 Å². The van der Waals surface area contributed by atoms with E-state index in [-0.39, 0.29) is 57.8 Å². The number of carbonyl (C=O) groups is 3. The molecular weight excluding hydrogens is 542 g/mol. The van der Waals surface area contributed by atoms with E-state index in [1.807, 2.05) is 34.6 Å². The van der Waals surface area contributed by atoms with Gasteiger partial charge in [0.2, 0.25) is 0 Å². The SMILES string of the molecule is CC(C)(C)C1COC(=O)C1.CC(C)(C)C1COC(=O)O1.CC1(C)OCC(C(C)(C)C)O1.CN1C(=O)OCC1C(C)(C)C. The van der Waals surface area contributed by atoms with Gasteiger partial charge in [-0.15, -0.1) is 0 Å². The van der Waals surface area contributed by atoms with E-state index in [1.165, 1.54) is 0 Å². The van der Waals surface area contributed by atoms with Crippen LogP contribution in [0.4, 0.5) is 9.59 Å². The highest BCUT2D eigenvalue weighted by Crippen LogP contribution is 2.34. The van der Waals surface area contributed by atoms with E-state index in [0.717, 1.165) is 6.61 Å². The smallest absolute Gasteiger partial charge is 0.465 e. The number of amides is 1. The van der Waals surface area contributed by atoms with Crippen LogP contribution in [0.15, 0.2) is 0 Å². The van der Waals surface area contributed by atoms with Gasteiger partial charge < -0.3 is 33.3 Å². The molecule has 4 aliphatic rings. The van der Waals surface area contributed by atoms with Gasteiger partial charge in [0.25, 0.3) is 0 Å². The minimum absolute atomic E-state index is 0.00778. The van der Waals surface area contributed by atoms with E-state index >= 15 is 0 Å². The molecule has 0 saturated carbocycles. The van der Waals surface area contributed by atoms with Crippen molar-refractivity contribution in [2.24, 2.45) is 27.6 Å². The molecule has 0 spiro atoms. The predicted octanol–water partition coefficient (Wildman–Crippen LogP) is 6.83. The average Bonchev–Trinajstić information content (AvgIpc) is 3.57. The highest BCUT2D eigenvalue weighted by molar-refractivity contribution is 5.71. The van der Waals surface area contributed by atoms with Crippen molar-refractivity contribution in [3.05, 3.63) is 0 Å². The predicted molar refractivity (Wildman–Crippen MR) is 161 cm³/mol. The zero-order valence-corrected chi connectivity index (χ0v) is 29.0. The van der Waals surface area contributed by atoms with Crippen molar-refractivity contribution >= 4 is 18.2 Å². The Labute approximate surface area is 254 Å². The molecule has 1 amide bonds. The lowest BCUT2D eigenvalue weighted by Crippen LogP contribution is -2.39. The van der Waals surface area contributed by atoms with Gasteiger partial charge in [0.05, 0.1) is 31.8 Å². The Kier molecular flexibility index (Phi) is 12.8. The van der Waals surface area contributed by atoms with Crippen molar-refractivity contribution in [3.8, 4) is 0 Å². The first-order chi connectivity index (χ1) is 18.7. The molecule has 4 aliphatic heterocycles. The minimum atomic E-state index is -0.542. The van der Waals surface area contributed by atoms with Gasteiger partial charge in [-0.25, -0.2) is 9.59 Å². The number of hydrogen-bond donors (Lipinski definition) is 0. The fourth-order valence-electron chi connectivity index (χ4n) is 4.26. The summed E-state index contributed by atoms with van der Waals surface area (Å²) in [6.45, 7) is 31.4. The van der Waals surface area contributed by atoms with E-state index in [9.17, 15) is 14.4 Å². The van der Waals surface area contributed by atoms with Crippen LogP contribution in [0.3, 0.4) is 0 Å². The maximum Gasteiger partial charge on any atom is 0.508 e. The Hall–Kier alpha value is -2.07. The second-order valence-electron chi connectivity index (χ2n) is 16.2. The summed E-state index contributed by atoms with van der Waals surface area (Å²) in [7, 11) is 1.78. The monoisotopic (exact) mass is 601 g/mol. The Morgan fingerprint density at radius 2 is 1.21 bits per heavy atom. The van der Waals surface area contributed by atoms with Crippen molar-refractivity contribution in [2.45, 2.75) is 127 Å².